The molecule has 2 heterocycles. The fourth-order valence-corrected chi connectivity index (χ4v) is 1.67. The molecule has 0 aromatic carbocycles. The molecule has 0 saturated carbocycles. The number of hydrogen-bond acceptors (Lipinski definition) is 4. The number of alkyl halides is 3. The molecule has 20 heavy (non-hydrogen) atoms. The summed E-state index contributed by atoms with van der Waals surface area (Å²) in [5.41, 5.74) is -0.411. The topological polar surface area (TPSA) is 60.9 Å². The summed E-state index contributed by atoms with van der Waals surface area (Å²) in [6, 6.07) is 1.11. The fraction of sp³-hybridized carbons (Fsp3) is 0.417. The quantitative estimate of drug-likeness (QED) is 0.793. The van der Waals surface area contributed by atoms with Gasteiger partial charge in [0.25, 0.3) is 5.78 Å². The minimum atomic E-state index is -4.87. The van der Waals surface area contributed by atoms with Gasteiger partial charge in [-0.2, -0.15) is 18.2 Å². The van der Waals surface area contributed by atoms with Gasteiger partial charge in [-0.15, -0.1) is 0 Å². The average molecular weight is 287 g/mol. The van der Waals surface area contributed by atoms with E-state index in [0.29, 0.717) is 12.2 Å². The second kappa shape index (κ2) is 5.48. The van der Waals surface area contributed by atoms with Crippen molar-refractivity contribution in [3.05, 3.63) is 35.7 Å². The molecule has 0 N–H and O–H groups in total. The van der Waals surface area contributed by atoms with Gasteiger partial charge in [-0.25, -0.2) is 0 Å². The Morgan fingerprint density at radius 3 is 2.85 bits per heavy atom. The van der Waals surface area contributed by atoms with Crippen LogP contribution in [0.1, 0.15) is 35.4 Å². The van der Waals surface area contributed by atoms with Crippen LogP contribution >= 0.6 is 0 Å². The van der Waals surface area contributed by atoms with Crippen LogP contribution in [-0.2, 0) is 13.0 Å². The summed E-state index contributed by atoms with van der Waals surface area (Å²) in [4.78, 5) is 15.1. The lowest BCUT2D eigenvalue weighted by Gasteiger charge is -2.02. The summed E-state index contributed by atoms with van der Waals surface area (Å²) < 4.78 is 43.1. The van der Waals surface area contributed by atoms with Gasteiger partial charge in [0, 0.05) is 24.4 Å². The number of aromatic nitrogens is 3. The normalized spacial score (nSPS) is 11.8. The summed E-state index contributed by atoms with van der Waals surface area (Å²) in [7, 11) is 0. The molecule has 5 nitrogen and oxygen atoms in total. The standard InChI is InChI=1S/C12H12F3N3O2/c1-2-3-9-16-10(20-17-9)7-18-5-4-8(6-18)11(19)12(13,14)15/h4-6H,2-3,7H2,1H3. The first-order chi connectivity index (χ1) is 9.40. The van der Waals surface area contributed by atoms with Crippen molar-refractivity contribution < 1.29 is 22.5 Å². The van der Waals surface area contributed by atoms with Crippen LogP contribution in [0.2, 0.25) is 0 Å². The minimum absolute atomic E-state index is 0.127. The molecular formula is C12H12F3N3O2. The Bertz CT molecular complexity index is 601. The van der Waals surface area contributed by atoms with Gasteiger partial charge < -0.3 is 9.09 Å². The molecule has 0 bridgehead atoms. The second-order valence-electron chi connectivity index (χ2n) is 4.25. The van der Waals surface area contributed by atoms with Crippen LogP contribution in [0, 0.1) is 0 Å². The van der Waals surface area contributed by atoms with Gasteiger partial charge in [-0.05, 0) is 12.5 Å². The number of ketones is 1. The van der Waals surface area contributed by atoms with E-state index in [2.05, 4.69) is 10.1 Å². The van der Waals surface area contributed by atoms with Crippen LogP contribution in [0.15, 0.2) is 23.0 Å². The van der Waals surface area contributed by atoms with Crippen molar-refractivity contribution in [1.29, 1.82) is 0 Å². The largest absolute Gasteiger partial charge is 0.454 e. The minimum Gasteiger partial charge on any atom is -0.344 e. The molecule has 0 radical (unpaired) electrons. The SMILES string of the molecule is CCCc1noc(Cn2ccc(C(=O)C(F)(F)F)c2)n1. The van der Waals surface area contributed by atoms with E-state index in [1.165, 1.54) is 10.8 Å². The lowest BCUT2D eigenvalue weighted by molar-refractivity contribution is -0.0885. The van der Waals surface area contributed by atoms with E-state index in [4.69, 9.17) is 4.52 Å². The number of carbonyl (C=O) groups excluding carboxylic acids is 1. The molecule has 0 saturated heterocycles. The Morgan fingerprint density at radius 2 is 2.20 bits per heavy atom. The van der Waals surface area contributed by atoms with E-state index in [-0.39, 0.29) is 12.4 Å². The maximum atomic E-state index is 12.3. The van der Waals surface area contributed by atoms with Crippen LogP contribution in [0.25, 0.3) is 0 Å². The first kappa shape index (κ1) is 14.3. The van der Waals surface area contributed by atoms with Crippen molar-refractivity contribution in [2.24, 2.45) is 0 Å². The third-order valence-corrected chi connectivity index (χ3v) is 2.57. The number of halogens is 3. The lowest BCUT2D eigenvalue weighted by Crippen LogP contribution is -2.22. The number of carbonyl (C=O) groups is 1. The van der Waals surface area contributed by atoms with Crippen LogP contribution in [0.4, 0.5) is 13.2 Å². The summed E-state index contributed by atoms with van der Waals surface area (Å²) in [6.07, 6.45) is -0.854. The predicted molar refractivity (Wildman–Crippen MR) is 62.2 cm³/mol. The van der Waals surface area contributed by atoms with Crippen molar-refractivity contribution in [3.8, 4) is 0 Å². The molecule has 0 aliphatic heterocycles. The molecule has 2 rings (SSSR count). The molecule has 0 atom stereocenters. The highest BCUT2D eigenvalue weighted by Gasteiger charge is 2.39. The van der Waals surface area contributed by atoms with Gasteiger partial charge >= 0.3 is 6.18 Å². The van der Waals surface area contributed by atoms with Crippen LogP contribution in [0.5, 0.6) is 0 Å². The monoisotopic (exact) mass is 287 g/mol. The molecule has 0 aliphatic rings. The smallest absolute Gasteiger partial charge is 0.344 e. The molecule has 108 valence electrons. The maximum Gasteiger partial charge on any atom is 0.454 e. The Balaban J connectivity index is 2.07. The molecule has 0 unspecified atom stereocenters. The third kappa shape index (κ3) is 3.25. The maximum absolute atomic E-state index is 12.3. The lowest BCUT2D eigenvalue weighted by atomic mass is 10.2. The van der Waals surface area contributed by atoms with E-state index in [9.17, 15) is 18.0 Å². The van der Waals surface area contributed by atoms with E-state index < -0.39 is 17.5 Å². The molecule has 0 amide bonds. The summed E-state index contributed by atoms with van der Waals surface area (Å²) >= 11 is 0. The average Bonchev–Trinajstić information content (AvgIpc) is 2.98. The van der Waals surface area contributed by atoms with Crippen molar-refractivity contribution in [2.45, 2.75) is 32.5 Å². The van der Waals surface area contributed by atoms with Crippen LogP contribution in [0.3, 0.4) is 0 Å². The van der Waals surface area contributed by atoms with Crippen molar-refractivity contribution >= 4 is 5.78 Å². The molecule has 2 aromatic heterocycles. The molecule has 2 aromatic rings. The van der Waals surface area contributed by atoms with Crippen LogP contribution in [-0.4, -0.2) is 26.7 Å². The molecular weight excluding hydrogens is 275 g/mol. The zero-order valence-electron chi connectivity index (χ0n) is 10.6. The number of Topliss-reactive ketones (excluding diaryl/α,β-unsaturated/α-hetero) is 1. The number of aryl methyl sites for hydroxylation is 1. The molecule has 0 spiro atoms. The zero-order valence-corrected chi connectivity index (χ0v) is 10.6. The Kier molecular flexibility index (Phi) is 3.91. The highest BCUT2D eigenvalue weighted by atomic mass is 19.4. The Hall–Kier alpha value is -2.12. The van der Waals surface area contributed by atoms with Gasteiger partial charge in [0.15, 0.2) is 5.82 Å². The summed E-state index contributed by atoms with van der Waals surface area (Å²) in [5, 5.41) is 3.74. The summed E-state index contributed by atoms with van der Waals surface area (Å²) in [6.45, 7) is 2.10. The highest BCUT2D eigenvalue weighted by molar-refractivity contribution is 6.00. The second-order valence-corrected chi connectivity index (χ2v) is 4.25. The first-order valence-corrected chi connectivity index (χ1v) is 5.99. The Morgan fingerprint density at radius 1 is 1.45 bits per heavy atom. The molecule has 8 heteroatoms. The van der Waals surface area contributed by atoms with E-state index in [0.717, 1.165) is 18.7 Å². The van der Waals surface area contributed by atoms with Crippen molar-refractivity contribution in [1.82, 2.24) is 14.7 Å². The Labute approximate surface area is 112 Å². The van der Waals surface area contributed by atoms with Gasteiger partial charge in [0.05, 0.1) is 0 Å². The number of nitrogens with zero attached hydrogens (tertiary/aromatic N) is 3. The van der Waals surface area contributed by atoms with Gasteiger partial charge in [0.1, 0.15) is 6.54 Å². The number of rotatable bonds is 5. The van der Waals surface area contributed by atoms with Gasteiger partial charge in [-0.3, -0.25) is 4.79 Å². The van der Waals surface area contributed by atoms with Crippen molar-refractivity contribution in [2.75, 3.05) is 0 Å². The summed E-state index contributed by atoms with van der Waals surface area (Å²) in [5.74, 6) is -1.02. The predicted octanol–water partition coefficient (Wildman–Crippen LogP) is 2.62. The zero-order chi connectivity index (χ0) is 14.8. The highest BCUT2D eigenvalue weighted by Crippen LogP contribution is 2.21. The third-order valence-electron chi connectivity index (χ3n) is 2.57. The fourth-order valence-electron chi connectivity index (χ4n) is 1.67. The first-order valence-electron chi connectivity index (χ1n) is 5.99. The molecule has 0 aliphatic carbocycles. The van der Waals surface area contributed by atoms with Crippen LogP contribution < -0.4 is 0 Å². The van der Waals surface area contributed by atoms with Crippen molar-refractivity contribution in [3.63, 3.8) is 0 Å². The number of hydrogen-bond donors (Lipinski definition) is 0. The van der Waals surface area contributed by atoms with E-state index in [1.807, 2.05) is 6.92 Å². The van der Waals surface area contributed by atoms with Gasteiger partial charge in [-0.1, -0.05) is 12.1 Å². The molecule has 0 fully saturated rings. The van der Waals surface area contributed by atoms with Gasteiger partial charge in [0.2, 0.25) is 5.89 Å². The van der Waals surface area contributed by atoms with E-state index >= 15 is 0 Å². The van der Waals surface area contributed by atoms with E-state index in [1.54, 1.807) is 0 Å².